The number of piperidine rings is 1. The van der Waals surface area contributed by atoms with E-state index in [9.17, 15) is 23.1 Å². The highest BCUT2D eigenvalue weighted by atomic mass is 32.2. The van der Waals surface area contributed by atoms with Gasteiger partial charge < -0.3 is 15.3 Å². The van der Waals surface area contributed by atoms with Crippen LogP contribution in [0.5, 0.6) is 0 Å². The predicted molar refractivity (Wildman–Crippen MR) is 190 cm³/mol. The van der Waals surface area contributed by atoms with Gasteiger partial charge in [-0.2, -0.15) is 0 Å². The number of amides is 1. The minimum atomic E-state index is -3.05. The molecule has 10 atom stereocenters. The van der Waals surface area contributed by atoms with Crippen LogP contribution >= 0.6 is 0 Å². The molecule has 1 aliphatic heterocycles. The van der Waals surface area contributed by atoms with E-state index < -0.39 is 15.8 Å². The molecule has 0 aromatic carbocycles. The van der Waals surface area contributed by atoms with Gasteiger partial charge in [0.15, 0.2) is 0 Å². The monoisotopic (exact) mass is 682 g/mol. The molecule has 48 heavy (non-hydrogen) atoms. The number of rotatable bonds is 6. The molecule has 4 saturated carbocycles. The highest BCUT2D eigenvalue weighted by Crippen LogP contribution is 2.75. The Morgan fingerprint density at radius 2 is 1.65 bits per heavy atom. The van der Waals surface area contributed by atoms with Gasteiger partial charge in [-0.1, -0.05) is 46.3 Å². The van der Waals surface area contributed by atoms with Gasteiger partial charge in [0, 0.05) is 24.9 Å². The maximum Gasteiger partial charge on any atom is 0.306 e. The van der Waals surface area contributed by atoms with E-state index in [2.05, 4.69) is 45.2 Å². The molecule has 0 spiro atoms. The number of sulfone groups is 1. The third-order valence-corrected chi connectivity index (χ3v) is 18.4. The van der Waals surface area contributed by atoms with Crippen LogP contribution in [0.1, 0.15) is 124 Å². The Hall–Kier alpha value is -1.67. The summed E-state index contributed by atoms with van der Waals surface area (Å²) < 4.78 is 24.1. The Labute approximate surface area is 290 Å². The van der Waals surface area contributed by atoms with E-state index in [0.717, 1.165) is 25.7 Å². The Morgan fingerprint density at radius 3 is 2.31 bits per heavy atom. The van der Waals surface area contributed by atoms with Crippen molar-refractivity contribution in [3.05, 3.63) is 23.3 Å². The first-order chi connectivity index (χ1) is 22.6. The minimum Gasteiger partial charge on any atom is -0.481 e. The highest BCUT2D eigenvalue weighted by Gasteiger charge is 2.68. The second-order valence-electron chi connectivity index (χ2n) is 18.3. The summed E-state index contributed by atoms with van der Waals surface area (Å²) >= 11 is 0. The molecule has 7 aliphatic rings. The van der Waals surface area contributed by atoms with E-state index in [4.69, 9.17) is 0 Å². The first-order valence-corrected chi connectivity index (χ1v) is 21.4. The van der Waals surface area contributed by atoms with Crippen molar-refractivity contribution >= 4 is 21.7 Å². The number of nitrogens with zero attached hydrogens (tertiary/aromatic N) is 1. The van der Waals surface area contributed by atoms with Crippen LogP contribution in [0, 0.1) is 51.8 Å². The second kappa shape index (κ2) is 12.2. The molecule has 6 aliphatic carbocycles. The second-order valence-corrected chi connectivity index (χ2v) is 20.7. The molecule has 0 bridgehead atoms. The number of likely N-dealkylation sites (tertiary alicyclic amines) is 1. The molecule has 0 radical (unpaired) electrons. The lowest BCUT2D eigenvalue weighted by atomic mass is 9.34. The molecule has 2 N–H and O–H groups in total. The van der Waals surface area contributed by atoms with Gasteiger partial charge in [-0.3, -0.25) is 9.59 Å². The summed E-state index contributed by atoms with van der Waals surface area (Å²) in [5.74, 6) is 2.49. The zero-order chi connectivity index (χ0) is 34.3. The zero-order valence-electron chi connectivity index (χ0n) is 30.4. The van der Waals surface area contributed by atoms with Gasteiger partial charge in [0.1, 0.15) is 9.84 Å². The number of fused-ring (bicyclic) bond motifs is 7. The van der Waals surface area contributed by atoms with Gasteiger partial charge in [-0.05, 0) is 147 Å². The summed E-state index contributed by atoms with van der Waals surface area (Å²) in [5, 5.41) is 13.1. The normalized spacial score (nSPS) is 44.8. The Kier molecular flexibility index (Phi) is 8.86. The minimum absolute atomic E-state index is 0.0551. The Morgan fingerprint density at radius 1 is 0.896 bits per heavy atom. The number of allylic oxidation sites excluding steroid dienone is 4. The quantitative estimate of drug-likeness (QED) is 0.308. The fourth-order valence-corrected chi connectivity index (χ4v) is 14.8. The molecule has 268 valence electrons. The number of carbonyl (C=O) groups excluding carboxylic acids is 1. The Bertz CT molecular complexity index is 1480. The molecule has 1 amide bonds. The summed E-state index contributed by atoms with van der Waals surface area (Å²) in [5.41, 5.74) is 3.91. The average molecular weight is 683 g/mol. The van der Waals surface area contributed by atoms with Crippen molar-refractivity contribution in [2.24, 2.45) is 51.8 Å². The molecule has 1 saturated heterocycles. The standard InChI is InChI=1S/C40H62N2O5S/c1-26-30(27-8-10-28(11-9-27)36(44)45)14-19-37(2)31(26)15-20-39(4)34(37)13-12-32-33-7-6-18-40(33,22-21-38(32,39)3)41-25-35(43)42-23-16-29(17-24-42)48(5,46)47/h8,14,26,28-29,31-34,41H,6-7,9-13,15-25H2,1-5H3,(H,44,45)/t26?,28?,31?,32?,33?,34?,37?,38-,39?,40?/m1/s1. The summed E-state index contributed by atoms with van der Waals surface area (Å²) in [7, 11) is -3.05. The molecule has 7 nitrogen and oxygen atoms in total. The van der Waals surface area contributed by atoms with Crippen molar-refractivity contribution in [2.75, 3.05) is 25.9 Å². The van der Waals surface area contributed by atoms with Crippen LogP contribution in [0.2, 0.25) is 0 Å². The van der Waals surface area contributed by atoms with Gasteiger partial charge in [-0.15, -0.1) is 0 Å². The highest BCUT2D eigenvalue weighted by molar-refractivity contribution is 7.91. The fraction of sp³-hybridized carbons (Fsp3) is 0.850. The van der Waals surface area contributed by atoms with Gasteiger partial charge in [0.05, 0.1) is 17.7 Å². The van der Waals surface area contributed by atoms with Crippen LogP contribution in [-0.4, -0.2) is 67.0 Å². The average Bonchev–Trinajstić information content (AvgIpc) is 3.48. The van der Waals surface area contributed by atoms with E-state index in [1.165, 1.54) is 68.8 Å². The molecule has 7 rings (SSSR count). The predicted octanol–water partition coefficient (Wildman–Crippen LogP) is 7.18. The topological polar surface area (TPSA) is 104 Å². The van der Waals surface area contributed by atoms with Crippen LogP contribution < -0.4 is 5.32 Å². The van der Waals surface area contributed by atoms with E-state index >= 15 is 0 Å². The van der Waals surface area contributed by atoms with Crippen molar-refractivity contribution in [1.82, 2.24) is 10.2 Å². The van der Waals surface area contributed by atoms with Gasteiger partial charge in [-0.25, -0.2) is 8.42 Å². The molecule has 0 aromatic rings. The van der Waals surface area contributed by atoms with Crippen LogP contribution in [0.3, 0.4) is 0 Å². The van der Waals surface area contributed by atoms with Gasteiger partial charge >= 0.3 is 5.97 Å². The summed E-state index contributed by atoms with van der Waals surface area (Å²) in [6.07, 6.45) is 22.0. The van der Waals surface area contributed by atoms with Crippen LogP contribution in [0.25, 0.3) is 0 Å². The molecule has 0 aromatic heterocycles. The van der Waals surface area contributed by atoms with Gasteiger partial charge in [0.2, 0.25) is 5.91 Å². The molecular formula is C40H62N2O5S. The fourth-order valence-electron chi connectivity index (χ4n) is 13.8. The summed E-state index contributed by atoms with van der Waals surface area (Å²) in [6.45, 7) is 11.9. The zero-order valence-corrected chi connectivity index (χ0v) is 31.2. The van der Waals surface area contributed by atoms with E-state index in [1.54, 1.807) is 0 Å². The van der Waals surface area contributed by atoms with E-state index in [0.29, 0.717) is 84.7 Å². The smallest absolute Gasteiger partial charge is 0.306 e. The van der Waals surface area contributed by atoms with Crippen LogP contribution in [-0.2, 0) is 19.4 Å². The molecule has 8 heteroatoms. The largest absolute Gasteiger partial charge is 0.481 e. The SMILES string of the molecule is CC1C(C2=CCC(C(=O)O)CC2)=CCC2(C)C1CCC1(C)C2CCC2C3CCCC3(NCC(=O)N3CCC(S(C)(=O)=O)CC3)CC[C@]21C. The van der Waals surface area contributed by atoms with E-state index in [1.807, 2.05) is 4.90 Å². The van der Waals surface area contributed by atoms with Crippen LogP contribution in [0.4, 0.5) is 0 Å². The number of nitrogens with one attached hydrogen (secondary N) is 1. The molecule has 9 unspecified atom stereocenters. The van der Waals surface area contributed by atoms with Crippen molar-refractivity contribution < 1.29 is 23.1 Å². The lowest BCUT2D eigenvalue weighted by Crippen LogP contribution is -2.67. The van der Waals surface area contributed by atoms with E-state index in [-0.39, 0.29) is 22.6 Å². The third-order valence-electron chi connectivity index (χ3n) is 16.7. The number of aliphatic carboxylic acids is 1. The maximum atomic E-state index is 13.4. The van der Waals surface area contributed by atoms with Crippen molar-refractivity contribution in [3.63, 3.8) is 0 Å². The van der Waals surface area contributed by atoms with Crippen LogP contribution in [0.15, 0.2) is 23.3 Å². The maximum absolute atomic E-state index is 13.4. The lowest BCUT2D eigenvalue weighted by molar-refractivity contribution is -0.212. The molecule has 1 heterocycles. The number of carboxylic acids is 1. The number of hydrogen-bond donors (Lipinski definition) is 2. The number of carbonyl (C=O) groups is 2. The van der Waals surface area contributed by atoms with Gasteiger partial charge in [0.25, 0.3) is 0 Å². The number of hydrogen-bond acceptors (Lipinski definition) is 5. The first kappa shape index (κ1) is 34.8. The third kappa shape index (κ3) is 5.38. The molecule has 5 fully saturated rings. The van der Waals surface area contributed by atoms with Crippen molar-refractivity contribution in [1.29, 1.82) is 0 Å². The summed E-state index contributed by atoms with van der Waals surface area (Å²) in [4.78, 5) is 26.9. The Balaban J connectivity index is 1.05. The molecular weight excluding hydrogens is 621 g/mol. The van der Waals surface area contributed by atoms with Crippen molar-refractivity contribution in [2.45, 2.75) is 135 Å². The summed E-state index contributed by atoms with van der Waals surface area (Å²) in [6, 6.07) is 0. The van der Waals surface area contributed by atoms with Crippen molar-refractivity contribution in [3.8, 4) is 0 Å². The lowest BCUT2D eigenvalue weighted by Gasteiger charge is -2.71. The number of carboxylic acid groups (broad SMARTS) is 1. The first-order valence-electron chi connectivity index (χ1n) is 19.5.